The summed E-state index contributed by atoms with van der Waals surface area (Å²) < 4.78 is 5.74. The molecule has 1 fully saturated rings. The topological polar surface area (TPSA) is 15.7 Å². The Balaban J connectivity index is 2.00. The van der Waals surface area contributed by atoms with Crippen molar-refractivity contribution in [3.05, 3.63) is 28.8 Å². The Morgan fingerprint density at radius 3 is 2.43 bits per heavy atom. The summed E-state index contributed by atoms with van der Waals surface area (Å²) in [4.78, 5) is 4.97. The number of piperazine rings is 1. The monoisotopic (exact) mass is 288 g/mol. The lowest BCUT2D eigenvalue weighted by Gasteiger charge is -2.37. The number of hydrogen-bond donors (Lipinski definition) is 0. The molecule has 0 bridgehead atoms. The molecule has 1 saturated heterocycles. The van der Waals surface area contributed by atoms with Gasteiger partial charge in [0.1, 0.15) is 0 Å². The normalized spacial score (nSPS) is 20.5. The van der Waals surface area contributed by atoms with E-state index in [2.05, 4.69) is 49.8 Å². The van der Waals surface area contributed by atoms with E-state index in [1.807, 2.05) is 0 Å². The second kappa shape index (κ2) is 5.62. The first-order chi connectivity index (χ1) is 9.95. The third-order valence-electron chi connectivity index (χ3n) is 4.79. The van der Waals surface area contributed by atoms with Gasteiger partial charge in [-0.25, -0.2) is 0 Å². The van der Waals surface area contributed by atoms with Crippen molar-refractivity contribution in [2.45, 2.75) is 39.2 Å². The van der Waals surface area contributed by atoms with Gasteiger partial charge in [-0.2, -0.15) is 0 Å². The minimum Gasteiger partial charge on any atom is -0.376 e. The fourth-order valence-electron chi connectivity index (χ4n) is 3.22. The van der Waals surface area contributed by atoms with Gasteiger partial charge in [0.25, 0.3) is 0 Å². The van der Waals surface area contributed by atoms with Gasteiger partial charge in [0.15, 0.2) is 0 Å². The van der Waals surface area contributed by atoms with Gasteiger partial charge < -0.3 is 14.5 Å². The van der Waals surface area contributed by atoms with Crippen LogP contribution < -0.4 is 4.90 Å². The molecule has 2 aliphatic heterocycles. The summed E-state index contributed by atoms with van der Waals surface area (Å²) in [6.07, 6.45) is 1.06. The van der Waals surface area contributed by atoms with Crippen LogP contribution in [0.3, 0.4) is 0 Å². The minimum atomic E-state index is 0.203. The maximum absolute atomic E-state index is 5.74. The number of fused-ring (bicyclic) bond motifs is 1. The first-order valence-electron chi connectivity index (χ1n) is 8.12. The van der Waals surface area contributed by atoms with Crippen molar-refractivity contribution in [2.75, 3.05) is 44.7 Å². The molecule has 0 spiro atoms. The predicted molar refractivity (Wildman–Crippen MR) is 88.2 cm³/mol. The molecule has 2 heterocycles. The lowest BCUT2D eigenvalue weighted by atomic mass is 9.83. The van der Waals surface area contributed by atoms with Gasteiger partial charge >= 0.3 is 0 Å². The van der Waals surface area contributed by atoms with Crippen molar-refractivity contribution >= 4 is 5.69 Å². The van der Waals surface area contributed by atoms with Gasteiger partial charge in [-0.15, -0.1) is 0 Å². The molecular formula is C18H28N2O. The van der Waals surface area contributed by atoms with E-state index in [0.29, 0.717) is 0 Å². The molecule has 3 heteroatoms. The van der Waals surface area contributed by atoms with Gasteiger partial charge in [0, 0.05) is 37.4 Å². The molecule has 0 aromatic heterocycles. The molecule has 0 radical (unpaired) electrons. The van der Waals surface area contributed by atoms with E-state index >= 15 is 0 Å². The van der Waals surface area contributed by atoms with Gasteiger partial charge in [-0.05, 0) is 36.1 Å². The minimum absolute atomic E-state index is 0.203. The molecule has 2 aliphatic rings. The highest BCUT2D eigenvalue weighted by molar-refractivity contribution is 5.60. The fourth-order valence-corrected chi connectivity index (χ4v) is 3.22. The van der Waals surface area contributed by atoms with Crippen LogP contribution in [0.1, 0.15) is 37.5 Å². The van der Waals surface area contributed by atoms with Crippen molar-refractivity contribution in [2.24, 2.45) is 0 Å². The molecule has 1 aromatic carbocycles. The molecule has 116 valence electrons. The summed E-state index contributed by atoms with van der Waals surface area (Å²) in [6.45, 7) is 13.1. The zero-order valence-electron chi connectivity index (χ0n) is 13.9. The van der Waals surface area contributed by atoms with Crippen LogP contribution in [-0.2, 0) is 23.2 Å². The van der Waals surface area contributed by atoms with E-state index < -0.39 is 0 Å². The first-order valence-corrected chi connectivity index (χ1v) is 8.12. The van der Waals surface area contributed by atoms with E-state index in [4.69, 9.17) is 4.74 Å². The SMILES string of the molecule is CN1CCN(c2cc(C(C)(C)C)cc3c2COCC3)CC1. The number of anilines is 1. The van der Waals surface area contributed by atoms with E-state index in [0.717, 1.165) is 45.8 Å². The molecular weight excluding hydrogens is 260 g/mol. The number of likely N-dealkylation sites (N-methyl/N-ethyl adjacent to an activating group) is 1. The molecule has 0 N–H and O–H groups in total. The Morgan fingerprint density at radius 2 is 1.76 bits per heavy atom. The van der Waals surface area contributed by atoms with Crippen LogP contribution in [0.15, 0.2) is 12.1 Å². The largest absolute Gasteiger partial charge is 0.376 e. The first kappa shape index (κ1) is 14.9. The van der Waals surface area contributed by atoms with Gasteiger partial charge in [-0.1, -0.05) is 26.8 Å². The lowest BCUT2D eigenvalue weighted by Crippen LogP contribution is -2.45. The molecule has 3 nitrogen and oxygen atoms in total. The van der Waals surface area contributed by atoms with Gasteiger partial charge in [0.2, 0.25) is 0 Å². The van der Waals surface area contributed by atoms with Crippen LogP contribution in [0.2, 0.25) is 0 Å². The number of benzene rings is 1. The highest BCUT2D eigenvalue weighted by Crippen LogP contribution is 2.34. The van der Waals surface area contributed by atoms with E-state index in [9.17, 15) is 0 Å². The van der Waals surface area contributed by atoms with Crippen LogP contribution >= 0.6 is 0 Å². The zero-order valence-corrected chi connectivity index (χ0v) is 13.9. The van der Waals surface area contributed by atoms with Gasteiger partial charge in [0.05, 0.1) is 13.2 Å². The van der Waals surface area contributed by atoms with E-state index in [1.54, 1.807) is 0 Å². The van der Waals surface area contributed by atoms with Crippen molar-refractivity contribution in [3.63, 3.8) is 0 Å². The van der Waals surface area contributed by atoms with Crippen molar-refractivity contribution in [3.8, 4) is 0 Å². The Morgan fingerprint density at radius 1 is 1.05 bits per heavy atom. The Kier molecular flexibility index (Phi) is 3.98. The third-order valence-corrected chi connectivity index (χ3v) is 4.79. The highest BCUT2D eigenvalue weighted by Gasteiger charge is 2.24. The number of nitrogens with zero attached hydrogens (tertiary/aromatic N) is 2. The van der Waals surface area contributed by atoms with Crippen LogP contribution in [0, 0.1) is 0 Å². The number of hydrogen-bond acceptors (Lipinski definition) is 3. The van der Waals surface area contributed by atoms with E-state index in [-0.39, 0.29) is 5.41 Å². The molecule has 21 heavy (non-hydrogen) atoms. The average molecular weight is 288 g/mol. The van der Waals surface area contributed by atoms with Crippen molar-refractivity contribution in [1.29, 1.82) is 0 Å². The number of ether oxygens (including phenoxy) is 1. The Hall–Kier alpha value is -1.06. The zero-order chi connectivity index (χ0) is 15.0. The molecule has 3 rings (SSSR count). The predicted octanol–water partition coefficient (Wildman–Crippen LogP) is 2.81. The van der Waals surface area contributed by atoms with Crippen LogP contribution in [0.5, 0.6) is 0 Å². The smallest absolute Gasteiger partial charge is 0.0739 e. The molecule has 0 saturated carbocycles. The maximum Gasteiger partial charge on any atom is 0.0739 e. The van der Waals surface area contributed by atoms with Crippen molar-refractivity contribution < 1.29 is 4.74 Å². The highest BCUT2D eigenvalue weighted by atomic mass is 16.5. The molecule has 0 aliphatic carbocycles. The second-order valence-electron chi connectivity index (χ2n) is 7.48. The standard InChI is InChI=1S/C18H28N2O/c1-18(2,3)15-11-14-5-10-21-13-16(14)17(12-15)20-8-6-19(4)7-9-20/h11-12H,5-10,13H2,1-4H3. The molecule has 0 amide bonds. The summed E-state index contributed by atoms with van der Waals surface area (Å²) in [6, 6.07) is 4.83. The lowest BCUT2D eigenvalue weighted by molar-refractivity contribution is 0.111. The van der Waals surface area contributed by atoms with Crippen LogP contribution in [0.4, 0.5) is 5.69 Å². The second-order valence-corrected chi connectivity index (χ2v) is 7.48. The maximum atomic E-state index is 5.74. The molecule has 0 atom stereocenters. The molecule has 0 unspecified atom stereocenters. The Bertz CT molecular complexity index is 511. The van der Waals surface area contributed by atoms with Gasteiger partial charge in [-0.3, -0.25) is 0 Å². The quantitative estimate of drug-likeness (QED) is 0.790. The summed E-state index contributed by atoms with van der Waals surface area (Å²) >= 11 is 0. The fraction of sp³-hybridized carbons (Fsp3) is 0.667. The average Bonchev–Trinajstić information content (AvgIpc) is 2.46. The van der Waals surface area contributed by atoms with Crippen LogP contribution in [-0.4, -0.2) is 44.7 Å². The summed E-state index contributed by atoms with van der Waals surface area (Å²) in [7, 11) is 2.21. The third kappa shape index (κ3) is 3.09. The van der Waals surface area contributed by atoms with Crippen LogP contribution in [0.25, 0.3) is 0 Å². The molecule has 1 aromatic rings. The summed E-state index contributed by atoms with van der Waals surface area (Å²) in [5.41, 5.74) is 6.01. The van der Waals surface area contributed by atoms with E-state index in [1.165, 1.54) is 22.4 Å². The Labute approximate surface area is 128 Å². The summed E-state index contributed by atoms with van der Waals surface area (Å²) in [5, 5.41) is 0. The van der Waals surface area contributed by atoms with Crippen molar-refractivity contribution in [1.82, 2.24) is 4.90 Å². The number of rotatable bonds is 1. The summed E-state index contributed by atoms with van der Waals surface area (Å²) in [5.74, 6) is 0.